The maximum Gasteiger partial charge on any atom is 0.353 e. The molecule has 3 N–H and O–H groups in total. The van der Waals surface area contributed by atoms with Gasteiger partial charge in [0.05, 0.1) is 4.92 Å². The van der Waals surface area contributed by atoms with Crippen molar-refractivity contribution < 1.29 is 4.92 Å². The SMILES string of the molecule is CCN1CCN(c2nc(N)c([N+](=O)[O-])c(NC3CCCCC3)n2)CC1. The summed E-state index contributed by atoms with van der Waals surface area (Å²) in [6, 6.07) is 0.214. The predicted molar refractivity (Wildman–Crippen MR) is 97.9 cm³/mol. The first-order valence-electron chi connectivity index (χ1n) is 9.14. The number of piperazine rings is 1. The predicted octanol–water partition coefficient (Wildman–Crippen LogP) is 1.85. The molecule has 0 spiro atoms. The molecule has 25 heavy (non-hydrogen) atoms. The summed E-state index contributed by atoms with van der Waals surface area (Å²) in [7, 11) is 0. The molecule has 0 aromatic carbocycles. The first kappa shape index (κ1) is 17.7. The van der Waals surface area contributed by atoms with Crippen LogP contribution in [0.1, 0.15) is 39.0 Å². The molecule has 0 amide bonds. The van der Waals surface area contributed by atoms with E-state index in [9.17, 15) is 10.1 Å². The summed E-state index contributed by atoms with van der Waals surface area (Å²) in [5.41, 5.74) is 5.71. The number of nitrogens with two attached hydrogens (primary N) is 1. The minimum absolute atomic E-state index is 0.0637. The Morgan fingerprint density at radius 3 is 2.48 bits per heavy atom. The Bertz CT molecular complexity index is 611. The molecule has 1 aliphatic heterocycles. The van der Waals surface area contributed by atoms with Gasteiger partial charge in [-0.15, -0.1) is 0 Å². The lowest BCUT2D eigenvalue weighted by Gasteiger charge is -2.34. The van der Waals surface area contributed by atoms with Gasteiger partial charge in [-0.3, -0.25) is 10.1 Å². The molecular weight excluding hydrogens is 322 g/mol. The van der Waals surface area contributed by atoms with Gasteiger partial charge in [0.1, 0.15) is 0 Å². The Balaban J connectivity index is 1.83. The molecule has 2 aliphatic rings. The lowest BCUT2D eigenvalue weighted by molar-refractivity contribution is -0.383. The van der Waals surface area contributed by atoms with Gasteiger partial charge in [0.25, 0.3) is 0 Å². The fourth-order valence-corrected chi connectivity index (χ4v) is 3.59. The van der Waals surface area contributed by atoms with Crippen LogP contribution in [-0.4, -0.2) is 58.6 Å². The highest BCUT2D eigenvalue weighted by Gasteiger charge is 2.28. The molecular formula is C16H27N7O2. The van der Waals surface area contributed by atoms with Gasteiger partial charge in [0.2, 0.25) is 17.6 Å². The average molecular weight is 349 g/mol. The number of aromatic nitrogens is 2. The van der Waals surface area contributed by atoms with Crippen LogP contribution in [0.2, 0.25) is 0 Å². The first-order valence-corrected chi connectivity index (χ1v) is 9.14. The van der Waals surface area contributed by atoms with Crippen molar-refractivity contribution in [2.45, 2.75) is 45.1 Å². The van der Waals surface area contributed by atoms with Crippen molar-refractivity contribution in [3.8, 4) is 0 Å². The molecule has 3 rings (SSSR count). The van der Waals surface area contributed by atoms with Crippen LogP contribution < -0.4 is 16.0 Å². The third-order valence-corrected chi connectivity index (χ3v) is 5.13. The number of likely N-dealkylation sites (N-methyl/N-ethyl adjacent to an activating group) is 1. The van der Waals surface area contributed by atoms with Gasteiger partial charge in [-0.05, 0) is 19.4 Å². The highest BCUT2D eigenvalue weighted by atomic mass is 16.6. The molecule has 9 heteroatoms. The number of hydrogen-bond acceptors (Lipinski definition) is 8. The minimum atomic E-state index is -0.487. The number of nitrogen functional groups attached to an aromatic ring is 1. The molecule has 9 nitrogen and oxygen atoms in total. The normalized spacial score (nSPS) is 19.8. The van der Waals surface area contributed by atoms with Crippen molar-refractivity contribution in [1.29, 1.82) is 0 Å². The Kier molecular flexibility index (Phi) is 5.52. The Morgan fingerprint density at radius 1 is 1.20 bits per heavy atom. The van der Waals surface area contributed by atoms with Crippen LogP contribution in [0.5, 0.6) is 0 Å². The standard InChI is InChI=1S/C16H27N7O2/c1-2-21-8-10-22(11-9-21)16-19-14(17)13(23(24)25)15(20-16)18-12-6-4-3-5-7-12/h12H,2-11H2,1H3,(H3,17,18,19,20). The molecule has 1 saturated carbocycles. The third-order valence-electron chi connectivity index (χ3n) is 5.13. The van der Waals surface area contributed by atoms with Gasteiger partial charge in [0, 0.05) is 32.2 Å². The summed E-state index contributed by atoms with van der Waals surface area (Å²) >= 11 is 0. The zero-order valence-corrected chi connectivity index (χ0v) is 14.8. The van der Waals surface area contributed by atoms with E-state index in [-0.39, 0.29) is 23.4 Å². The van der Waals surface area contributed by atoms with Gasteiger partial charge >= 0.3 is 5.69 Å². The van der Waals surface area contributed by atoms with Crippen LogP contribution in [-0.2, 0) is 0 Å². The molecule has 0 unspecified atom stereocenters. The van der Waals surface area contributed by atoms with E-state index < -0.39 is 4.92 Å². The summed E-state index contributed by atoms with van der Waals surface area (Å²) in [5.74, 6) is 0.681. The van der Waals surface area contributed by atoms with Crippen molar-refractivity contribution in [2.24, 2.45) is 0 Å². The van der Waals surface area contributed by atoms with E-state index in [0.29, 0.717) is 5.95 Å². The zero-order chi connectivity index (χ0) is 17.8. The summed E-state index contributed by atoms with van der Waals surface area (Å²) in [6.45, 7) is 6.63. The highest BCUT2D eigenvalue weighted by Crippen LogP contribution is 2.32. The number of nitrogens with one attached hydrogen (secondary N) is 1. The lowest BCUT2D eigenvalue weighted by Crippen LogP contribution is -2.46. The van der Waals surface area contributed by atoms with E-state index in [1.807, 2.05) is 0 Å². The van der Waals surface area contributed by atoms with Crippen LogP contribution in [0.3, 0.4) is 0 Å². The van der Waals surface area contributed by atoms with Gasteiger partial charge < -0.3 is 20.9 Å². The molecule has 1 saturated heterocycles. The fourth-order valence-electron chi connectivity index (χ4n) is 3.59. The zero-order valence-electron chi connectivity index (χ0n) is 14.8. The van der Waals surface area contributed by atoms with Crippen LogP contribution in [0.4, 0.5) is 23.3 Å². The summed E-state index contributed by atoms with van der Waals surface area (Å²) in [5, 5.41) is 14.7. The molecule has 0 atom stereocenters. The number of nitrogens with zero attached hydrogens (tertiary/aromatic N) is 5. The first-order chi connectivity index (χ1) is 12.1. The van der Waals surface area contributed by atoms with Crippen molar-refractivity contribution in [2.75, 3.05) is 48.7 Å². The smallest absolute Gasteiger partial charge is 0.353 e. The second kappa shape index (κ2) is 7.81. The van der Waals surface area contributed by atoms with E-state index in [0.717, 1.165) is 58.4 Å². The van der Waals surface area contributed by atoms with E-state index in [1.54, 1.807) is 0 Å². The average Bonchev–Trinajstić information content (AvgIpc) is 2.62. The van der Waals surface area contributed by atoms with E-state index in [1.165, 1.54) is 6.42 Å². The number of rotatable bonds is 5. The largest absolute Gasteiger partial charge is 0.378 e. The van der Waals surface area contributed by atoms with Crippen LogP contribution in [0.25, 0.3) is 0 Å². The second-order valence-electron chi connectivity index (χ2n) is 6.76. The van der Waals surface area contributed by atoms with Crippen molar-refractivity contribution in [3.63, 3.8) is 0 Å². The Morgan fingerprint density at radius 2 is 1.88 bits per heavy atom. The molecule has 1 aliphatic carbocycles. The number of anilines is 3. The minimum Gasteiger partial charge on any atom is -0.378 e. The van der Waals surface area contributed by atoms with Crippen LogP contribution in [0, 0.1) is 10.1 Å². The summed E-state index contributed by atoms with van der Waals surface area (Å²) in [6.07, 6.45) is 5.51. The maximum absolute atomic E-state index is 11.4. The van der Waals surface area contributed by atoms with E-state index in [2.05, 4.69) is 32.0 Å². The maximum atomic E-state index is 11.4. The van der Waals surface area contributed by atoms with Gasteiger partial charge in [-0.25, -0.2) is 0 Å². The number of hydrogen-bond donors (Lipinski definition) is 2. The van der Waals surface area contributed by atoms with Crippen molar-refractivity contribution in [1.82, 2.24) is 14.9 Å². The molecule has 138 valence electrons. The third kappa shape index (κ3) is 4.09. The van der Waals surface area contributed by atoms with Gasteiger partial charge in [0.15, 0.2) is 0 Å². The quantitative estimate of drug-likeness (QED) is 0.611. The molecule has 2 fully saturated rings. The molecule has 0 bridgehead atoms. The van der Waals surface area contributed by atoms with Gasteiger partial charge in [-0.2, -0.15) is 9.97 Å². The monoisotopic (exact) mass is 349 g/mol. The Hall–Kier alpha value is -2.16. The number of nitro groups is 1. The van der Waals surface area contributed by atoms with Crippen molar-refractivity contribution in [3.05, 3.63) is 10.1 Å². The molecule has 1 aromatic heterocycles. The van der Waals surface area contributed by atoms with Gasteiger partial charge in [-0.1, -0.05) is 26.2 Å². The van der Waals surface area contributed by atoms with Crippen molar-refractivity contribution >= 4 is 23.3 Å². The second-order valence-corrected chi connectivity index (χ2v) is 6.76. The van der Waals surface area contributed by atoms with Crippen LogP contribution in [0.15, 0.2) is 0 Å². The highest BCUT2D eigenvalue weighted by molar-refractivity contribution is 5.70. The topological polar surface area (TPSA) is 113 Å². The fraction of sp³-hybridized carbons (Fsp3) is 0.750. The molecule has 0 radical (unpaired) electrons. The molecule has 1 aromatic rings. The van der Waals surface area contributed by atoms with Crippen LogP contribution >= 0.6 is 0 Å². The lowest BCUT2D eigenvalue weighted by atomic mass is 9.95. The summed E-state index contributed by atoms with van der Waals surface area (Å²) < 4.78 is 0. The summed E-state index contributed by atoms with van der Waals surface area (Å²) in [4.78, 5) is 24.1. The van der Waals surface area contributed by atoms with E-state index >= 15 is 0 Å². The Labute approximate surface area is 147 Å². The molecule has 2 heterocycles. The van der Waals surface area contributed by atoms with E-state index in [4.69, 9.17) is 5.73 Å².